The lowest BCUT2D eigenvalue weighted by Crippen LogP contribution is -2.36. The Labute approximate surface area is 277 Å². The maximum atomic E-state index is 13.4. The average Bonchev–Trinajstić information content (AvgIpc) is 3.54. The largest absolute Gasteiger partial charge is 0.392 e. The number of nitrogens with zero attached hydrogens (tertiary/aromatic N) is 7. The van der Waals surface area contributed by atoms with Gasteiger partial charge in [-0.1, -0.05) is 42.3 Å². The average molecular weight is 667 g/mol. The molecule has 0 saturated heterocycles. The quantitative estimate of drug-likeness (QED) is 0.256. The molecule has 6 rings (SSSR count). The monoisotopic (exact) mass is 665 g/mol. The number of β-amino-alcohol motifs (C(OH)–C–C–N with tert-alkyl or cyclic N) is 1. The molecule has 4 aromatic rings. The fraction of sp³-hybridized carbons (Fsp3) is 0.406. The summed E-state index contributed by atoms with van der Waals surface area (Å²) in [4.78, 5) is 44.9. The summed E-state index contributed by atoms with van der Waals surface area (Å²) in [5.74, 6) is -0.202. The number of carbonyl (C=O) groups excluding carboxylic acids is 2. The predicted octanol–water partition coefficient (Wildman–Crippen LogP) is 4.14. The van der Waals surface area contributed by atoms with E-state index in [0.29, 0.717) is 48.1 Å². The van der Waals surface area contributed by atoms with Crippen molar-refractivity contribution >= 4 is 46.4 Å². The van der Waals surface area contributed by atoms with Gasteiger partial charge in [0.15, 0.2) is 11.6 Å². The van der Waals surface area contributed by atoms with Gasteiger partial charge < -0.3 is 24.9 Å². The summed E-state index contributed by atoms with van der Waals surface area (Å²) in [7, 11) is 3.68. The first-order chi connectivity index (χ1) is 22.0. The highest BCUT2D eigenvalue weighted by Crippen LogP contribution is 2.39. The molecule has 242 valence electrons. The molecule has 0 radical (unpaired) electrons. The molecule has 0 aliphatic carbocycles. The molecule has 1 unspecified atom stereocenters. The van der Waals surface area contributed by atoms with Crippen LogP contribution in [0.3, 0.4) is 0 Å². The maximum Gasteiger partial charge on any atom is 0.291 e. The highest BCUT2D eigenvalue weighted by Gasteiger charge is 2.28. The first kappa shape index (κ1) is 32.1. The van der Waals surface area contributed by atoms with Crippen LogP contribution in [0.15, 0.2) is 30.5 Å². The van der Waals surface area contributed by atoms with Gasteiger partial charge in [-0.05, 0) is 25.6 Å². The molecular formula is C32H37Cl2N9O3. The number of carbonyl (C=O) groups is 2. The second-order valence-electron chi connectivity index (χ2n) is 11.8. The number of aliphatic hydroxyl groups excluding tert-OH is 1. The number of aromatic nitrogens is 5. The van der Waals surface area contributed by atoms with Crippen molar-refractivity contribution in [1.29, 1.82) is 0 Å². The minimum Gasteiger partial charge on any atom is -0.392 e. The molecule has 5 heterocycles. The lowest BCUT2D eigenvalue weighted by atomic mass is 10.1. The van der Waals surface area contributed by atoms with Crippen molar-refractivity contribution in [2.75, 3.05) is 36.8 Å². The lowest BCUT2D eigenvalue weighted by Gasteiger charge is -2.27. The van der Waals surface area contributed by atoms with E-state index in [1.54, 1.807) is 37.4 Å². The van der Waals surface area contributed by atoms with Gasteiger partial charge in [-0.15, -0.1) is 0 Å². The molecule has 3 aromatic heterocycles. The van der Waals surface area contributed by atoms with Crippen LogP contribution >= 0.6 is 23.2 Å². The van der Waals surface area contributed by atoms with Gasteiger partial charge in [0.25, 0.3) is 11.8 Å². The Morgan fingerprint density at radius 1 is 0.891 bits per heavy atom. The van der Waals surface area contributed by atoms with Gasteiger partial charge in [-0.25, -0.2) is 9.97 Å². The number of amides is 2. The first-order valence-electron chi connectivity index (χ1n) is 15.3. The smallest absolute Gasteiger partial charge is 0.291 e. The maximum absolute atomic E-state index is 13.4. The highest BCUT2D eigenvalue weighted by molar-refractivity contribution is 6.39. The second kappa shape index (κ2) is 13.1. The van der Waals surface area contributed by atoms with Crippen molar-refractivity contribution in [1.82, 2.24) is 33.9 Å². The van der Waals surface area contributed by atoms with E-state index in [4.69, 9.17) is 23.2 Å². The van der Waals surface area contributed by atoms with Crippen molar-refractivity contribution in [3.63, 3.8) is 0 Å². The van der Waals surface area contributed by atoms with Crippen LogP contribution in [0, 0.1) is 0 Å². The van der Waals surface area contributed by atoms with Crippen molar-refractivity contribution in [3.8, 4) is 11.3 Å². The van der Waals surface area contributed by atoms with Crippen molar-refractivity contribution < 1.29 is 14.7 Å². The molecule has 0 spiro atoms. The summed E-state index contributed by atoms with van der Waals surface area (Å²) >= 11 is 13.6. The number of aliphatic hydroxyl groups is 1. The van der Waals surface area contributed by atoms with E-state index in [0.717, 1.165) is 55.3 Å². The predicted molar refractivity (Wildman–Crippen MR) is 177 cm³/mol. The molecule has 2 amide bonds. The summed E-state index contributed by atoms with van der Waals surface area (Å²) in [6.07, 6.45) is 2.66. The zero-order valence-corrected chi connectivity index (χ0v) is 27.8. The van der Waals surface area contributed by atoms with Crippen LogP contribution in [-0.2, 0) is 40.0 Å². The molecule has 46 heavy (non-hydrogen) atoms. The standard InChI is InChI=1S/C32H37Cl2N9O3/c1-5-42-13-10-24-22(16-42)36-30(40(24)3)32(46)39-21-9-12-35-28(27(21)34)19-7-6-8-20(26(19)33)38-31(45)29-37-23-17-43(15-18(2)44)14-11-25(23)41(29)4/h6-9,12,18,44H,5,10-11,13-17H2,1-4H3,(H,38,45)(H,35,39,46). The van der Waals surface area contributed by atoms with E-state index < -0.39 is 12.0 Å². The van der Waals surface area contributed by atoms with Crippen LogP contribution in [0.4, 0.5) is 11.4 Å². The van der Waals surface area contributed by atoms with Gasteiger partial charge in [0.2, 0.25) is 0 Å². The van der Waals surface area contributed by atoms with E-state index in [9.17, 15) is 14.7 Å². The lowest BCUT2D eigenvalue weighted by molar-refractivity contribution is 0.100. The minimum atomic E-state index is -0.444. The van der Waals surface area contributed by atoms with Crippen molar-refractivity contribution in [2.24, 2.45) is 14.1 Å². The number of halogens is 2. The Balaban J connectivity index is 1.21. The Kier molecular flexibility index (Phi) is 9.17. The molecular weight excluding hydrogens is 629 g/mol. The van der Waals surface area contributed by atoms with Gasteiger partial charge in [0.1, 0.15) is 0 Å². The third kappa shape index (κ3) is 6.15. The number of nitrogens with one attached hydrogen (secondary N) is 2. The molecule has 0 bridgehead atoms. The molecule has 1 aromatic carbocycles. The van der Waals surface area contributed by atoms with Crippen LogP contribution in [0.2, 0.25) is 10.0 Å². The highest BCUT2D eigenvalue weighted by atomic mass is 35.5. The van der Waals surface area contributed by atoms with Crippen LogP contribution in [-0.4, -0.2) is 83.1 Å². The third-order valence-corrected chi connectivity index (χ3v) is 9.47. The van der Waals surface area contributed by atoms with Crippen molar-refractivity contribution in [3.05, 3.63) is 74.9 Å². The SMILES string of the molecule is CCN1CCc2c(nc(C(=O)Nc3ccnc(-c4cccc(NC(=O)c5nc6c(n5C)CCN(CC(C)O)C6)c4Cl)c3Cl)n2C)C1. The summed E-state index contributed by atoms with van der Waals surface area (Å²) in [6, 6.07) is 6.81. The third-order valence-electron chi connectivity index (χ3n) is 8.68. The number of fused-ring (bicyclic) bond motifs is 2. The summed E-state index contributed by atoms with van der Waals surface area (Å²) < 4.78 is 3.66. The first-order valence-corrected chi connectivity index (χ1v) is 16.1. The van der Waals surface area contributed by atoms with Crippen LogP contribution in [0.1, 0.15) is 57.9 Å². The van der Waals surface area contributed by atoms with E-state index >= 15 is 0 Å². The molecule has 14 heteroatoms. The normalized spacial score (nSPS) is 15.7. The van der Waals surface area contributed by atoms with Crippen LogP contribution < -0.4 is 10.6 Å². The fourth-order valence-corrected chi connectivity index (χ4v) is 6.79. The van der Waals surface area contributed by atoms with Crippen molar-refractivity contribution in [2.45, 2.75) is 45.9 Å². The number of likely N-dealkylation sites (N-methyl/N-ethyl adjacent to an activating group) is 1. The number of pyridine rings is 1. The Morgan fingerprint density at radius 2 is 1.46 bits per heavy atom. The number of rotatable bonds is 8. The Hall–Kier alpha value is -3.81. The summed E-state index contributed by atoms with van der Waals surface area (Å²) in [5.41, 5.74) is 5.36. The van der Waals surface area contributed by atoms with E-state index in [-0.39, 0.29) is 21.8 Å². The minimum absolute atomic E-state index is 0.205. The van der Waals surface area contributed by atoms with Gasteiger partial charge in [0, 0.05) is 82.8 Å². The Morgan fingerprint density at radius 3 is 2.04 bits per heavy atom. The number of benzene rings is 1. The van der Waals surface area contributed by atoms with E-state index in [1.807, 2.05) is 23.2 Å². The second-order valence-corrected chi connectivity index (χ2v) is 12.6. The number of imidazole rings is 2. The summed E-state index contributed by atoms with van der Waals surface area (Å²) in [6.45, 7) is 8.32. The van der Waals surface area contributed by atoms with Crippen LogP contribution in [0.5, 0.6) is 0 Å². The Bertz CT molecular complexity index is 1820. The fourth-order valence-electron chi connectivity index (χ4n) is 6.27. The topological polar surface area (TPSA) is 133 Å². The van der Waals surface area contributed by atoms with E-state index in [2.05, 4.69) is 42.3 Å². The number of hydrogen-bond acceptors (Lipinski definition) is 8. The molecule has 0 fully saturated rings. The zero-order valence-electron chi connectivity index (χ0n) is 26.3. The molecule has 12 nitrogen and oxygen atoms in total. The molecule has 2 aliphatic rings. The van der Waals surface area contributed by atoms with Gasteiger partial charge in [-0.3, -0.25) is 24.4 Å². The molecule has 1 atom stereocenters. The zero-order chi connectivity index (χ0) is 32.7. The molecule has 0 saturated carbocycles. The van der Waals surface area contributed by atoms with Gasteiger partial charge in [-0.2, -0.15) is 0 Å². The summed E-state index contributed by atoms with van der Waals surface area (Å²) in [5, 5.41) is 16.0. The van der Waals surface area contributed by atoms with E-state index in [1.165, 1.54) is 0 Å². The van der Waals surface area contributed by atoms with Crippen LogP contribution in [0.25, 0.3) is 11.3 Å². The number of hydrogen-bond donors (Lipinski definition) is 3. The molecule has 3 N–H and O–H groups in total. The van der Waals surface area contributed by atoms with Gasteiger partial charge >= 0.3 is 0 Å². The van der Waals surface area contributed by atoms with Gasteiger partial charge in [0.05, 0.1) is 44.6 Å². The number of anilines is 2. The molecule has 2 aliphatic heterocycles.